The minimum absolute atomic E-state index is 0.643. The van der Waals surface area contributed by atoms with Crippen molar-refractivity contribution in [2.24, 2.45) is 4.99 Å². The van der Waals surface area contributed by atoms with E-state index in [2.05, 4.69) is 168 Å². The Morgan fingerprint density at radius 3 is 1.67 bits per heavy atom. The number of hydrogen-bond acceptors (Lipinski definition) is 3. The smallest absolute Gasteiger partial charge is 0.0991 e. The Morgan fingerprint density at radius 1 is 0.462 bits per heavy atom. The van der Waals surface area contributed by atoms with E-state index < -0.39 is 0 Å². The maximum atomic E-state index is 9.46. The molecule has 8 aromatic carbocycles. The van der Waals surface area contributed by atoms with Crippen LogP contribution in [0.25, 0.3) is 66.4 Å². The SMILES string of the molecule is C/N=C\c1ccc(-c2cc(-c3ccc(C#N)cc3)cc(N(c3ccccc3)c3ccc(-c4ccc5c6c(cccc46)-c4ccccc4-5)cc3)c2)cc1. The average Bonchev–Trinajstić information content (AvgIpc) is 3.54. The molecule has 0 aliphatic heterocycles. The van der Waals surface area contributed by atoms with Crippen molar-refractivity contribution in [3.8, 4) is 61.7 Å². The van der Waals surface area contributed by atoms with Crippen LogP contribution in [0.5, 0.6) is 0 Å². The second-order valence-electron chi connectivity index (χ2n) is 13.1. The van der Waals surface area contributed by atoms with Crippen LogP contribution < -0.4 is 4.90 Å². The first kappa shape index (κ1) is 31.0. The van der Waals surface area contributed by atoms with E-state index in [1.165, 1.54) is 44.2 Å². The van der Waals surface area contributed by atoms with Crippen LogP contribution in [0.1, 0.15) is 11.1 Å². The molecular weight excluding hydrogens is 631 g/mol. The Hall–Kier alpha value is -7.02. The summed E-state index contributed by atoms with van der Waals surface area (Å²) >= 11 is 0. The molecule has 1 aliphatic carbocycles. The van der Waals surface area contributed by atoms with Gasteiger partial charge in [0.2, 0.25) is 0 Å². The van der Waals surface area contributed by atoms with Gasteiger partial charge in [-0.1, -0.05) is 121 Å². The van der Waals surface area contributed by atoms with Gasteiger partial charge in [0, 0.05) is 30.3 Å². The average molecular weight is 664 g/mol. The number of para-hydroxylation sites is 1. The molecule has 1 aliphatic rings. The zero-order valence-electron chi connectivity index (χ0n) is 28.7. The first-order chi connectivity index (χ1) is 25.7. The highest BCUT2D eigenvalue weighted by Gasteiger charge is 2.22. The molecule has 3 heteroatoms. The van der Waals surface area contributed by atoms with E-state index in [9.17, 15) is 5.26 Å². The molecule has 0 unspecified atom stereocenters. The second-order valence-corrected chi connectivity index (χ2v) is 13.1. The van der Waals surface area contributed by atoms with Crippen LogP contribution in [-0.4, -0.2) is 13.3 Å². The maximum Gasteiger partial charge on any atom is 0.0991 e. The first-order valence-electron chi connectivity index (χ1n) is 17.5. The van der Waals surface area contributed by atoms with E-state index in [1.54, 1.807) is 7.05 Å². The number of anilines is 3. The van der Waals surface area contributed by atoms with Gasteiger partial charge in [0.05, 0.1) is 11.6 Å². The third-order valence-electron chi connectivity index (χ3n) is 10.0. The van der Waals surface area contributed by atoms with Crippen molar-refractivity contribution in [1.29, 1.82) is 5.26 Å². The minimum atomic E-state index is 0.643. The van der Waals surface area contributed by atoms with Gasteiger partial charge < -0.3 is 4.90 Å². The van der Waals surface area contributed by atoms with E-state index in [0.29, 0.717) is 5.56 Å². The highest BCUT2D eigenvalue weighted by molar-refractivity contribution is 6.18. The quantitative estimate of drug-likeness (QED) is 0.159. The van der Waals surface area contributed by atoms with Crippen LogP contribution in [0.4, 0.5) is 17.1 Å². The van der Waals surface area contributed by atoms with Gasteiger partial charge >= 0.3 is 0 Å². The van der Waals surface area contributed by atoms with Gasteiger partial charge in [-0.2, -0.15) is 5.26 Å². The molecule has 0 bridgehead atoms. The Bertz CT molecular complexity index is 2640. The summed E-state index contributed by atoms with van der Waals surface area (Å²) < 4.78 is 0. The number of aliphatic imine (C=N–C) groups is 1. The molecule has 0 amide bonds. The fraction of sp³-hybridized carbons (Fsp3) is 0.0204. The third kappa shape index (κ3) is 5.44. The van der Waals surface area contributed by atoms with Crippen LogP contribution in [-0.2, 0) is 0 Å². The van der Waals surface area contributed by atoms with Gasteiger partial charge in [-0.15, -0.1) is 0 Å². The number of fused-ring (bicyclic) bond motifs is 3. The Labute approximate surface area is 304 Å². The van der Waals surface area contributed by atoms with Gasteiger partial charge in [-0.3, -0.25) is 4.99 Å². The number of hydrogen-bond donors (Lipinski definition) is 0. The van der Waals surface area contributed by atoms with Crippen LogP contribution in [0.3, 0.4) is 0 Å². The molecule has 244 valence electrons. The van der Waals surface area contributed by atoms with Crippen molar-refractivity contribution in [2.45, 2.75) is 0 Å². The van der Waals surface area contributed by atoms with Gasteiger partial charge in [0.1, 0.15) is 0 Å². The van der Waals surface area contributed by atoms with Crippen molar-refractivity contribution in [2.75, 3.05) is 11.9 Å². The second kappa shape index (κ2) is 13.0. The zero-order valence-corrected chi connectivity index (χ0v) is 28.7. The lowest BCUT2D eigenvalue weighted by atomic mass is 9.94. The fourth-order valence-electron chi connectivity index (χ4n) is 7.60. The summed E-state index contributed by atoms with van der Waals surface area (Å²) in [7, 11) is 1.79. The monoisotopic (exact) mass is 663 g/mol. The molecule has 0 saturated heterocycles. The maximum absolute atomic E-state index is 9.46. The number of rotatable bonds is 7. The number of nitriles is 1. The van der Waals surface area contributed by atoms with Gasteiger partial charge in [0.25, 0.3) is 0 Å². The van der Waals surface area contributed by atoms with Crippen LogP contribution >= 0.6 is 0 Å². The summed E-state index contributed by atoms with van der Waals surface area (Å²) in [4.78, 5) is 6.51. The summed E-state index contributed by atoms with van der Waals surface area (Å²) in [5, 5.41) is 12.1. The first-order valence-corrected chi connectivity index (χ1v) is 17.5. The Morgan fingerprint density at radius 2 is 1.02 bits per heavy atom. The van der Waals surface area contributed by atoms with Crippen LogP contribution in [0, 0.1) is 11.3 Å². The Kier molecular flexibility index (Phi) is 7.76. The van der Waals surface area contributed by atoms with Gasteiger partial charge in [0.15, 0.2) is 0 Å². The van der Waals surface area contributed by atoms with Crippen LogP contribution in [0.15, 0.2) is 181 Å². The Balaban J connectivity index is 1.17. The molecule has 0 saturated carbocycles. The van der Waals surface area contributed by atoms with E-state index in [-0.39, 0.29) is 0 Å². The summed E-state index contributed by atoms with van der Waals surface area (Å²) in [6, 6.07) is 64.8. The van der Waals surface area contributed by atoms with Crippen molar-refractivity contribution in [1.82, 2.24) is 0 Å². The van der Waals surface area contributed by atoms with Crippen LogP contribution in [0.2, 0.25) is 0 Å². The highest BCUT2D eigenvalue weighted by atomic mass is 15.1. The van der Waals surface area contributed by atoms with E-state index >= 15 is 0 Å². The fourth-order valence-corrected chi connectivity index (χ4v) is 7.60. The number of nitrogens with zero attached hydrogens (tertiary/aromatic N) is 3. The normalized spacial score (nSPS) is 11.5. The summed E-state index contributed by atoms with van der Waals surface area (Å²) in [5.41, 5.74) is 16.8. The predicted octanol–water partition coefficient (Wildman–Crippen LogP) is 12.9. The molecule has 0 atom stereocenters. The summed E-state index contributed by atoms with van der Waals surface area (Å²) in [5.74, 6) is 0. The van der Waals surface area contributed by atoms with E-state index in [1.807, 2.05) is 30.5 Å². The van der Waals surface area contributed by atoms with Gasteiger partial charge in [-0.25, -0.2) is 0 Å². The molecule has 0 N–H and O–H groups in total. The lowest BCUT2D eigenvalue weighted by Gasteiger charge is -2.27. The molecule has 52 heavy (non-hydrogen) atoms. The zero-order chi connectivity index (χ0) is 35.0. The van der Waals surface area contributed by atoms with Crippen molar-refractivity contribution in [3.63, 3.8) is 0 Å². The predicted molar refractivity (Wildman–Crippen MR) is 218 cm³/mol. The standard InChI is InChI=1S/C49H33N3/c1-51-32-34-16-20-36(21-17-34)39-28-38(35-18-14-33(31-50)15-19-35)29-42(30-39)52(40-8-3-2-4-9-40)41-24-22-37(23-25-41)43-26-27-48-45-11-6-5-10-44(45)47-13-7-12-46(43)49(47)48/h2-30,32H,1H3/b51-32-. The van der Waals surface area contributed by atoms with E-state index in [4.69, 9.17) is 0 Å². The lowest BCUT2D eigenvalue weighted by Crippen LogP contribution is -2.10. The van der Waals surface area contributed by atoms with Gasteiger partial charge in [-0.05, 0) is 127 Å². The number of benzene rings is 8. The third-order valence-corrected chi connectivity index (χ3v) is 10.0. The largest absolute Gasteiger partial charge is 0.310 e. The molecule has 0 spiro atoms. The van der Waals surface area contributed by atoms with Crippen molar-refractivity contribution < 1.29 is 0 Å². The molecule has 0 aromatic heterocycles. The summed E-state index contributed by atoms with van der Waals surface area (Å²) in [6.07, 6.45) is 1.87. The molecule has 9 rings (SSSR count). The lowest BCUT2D eigenvalue weighted by molar-refractivity contribution is 1.28. The summed E-state index contributed by atoms with van der Waals surface area (Å²) in [6.45, 7) is 0. The molecule has 0 fully saturated rings. The molecular formula is C49H33N3. The minimum Gasteiger partial charge on any atom is -0.310 e. The highest BCUT2D eigenvalue weighted by Crippen LogP contribution is 2.49. The van der Waals surface area contributed by atoms with Crippen molar-refractivity contribution >= 4 is 34.0 Å². The molecule has 0 heterocycles. The molecule has 0 radical (unpaired) electrons. The topological polar surface area (TPSA) is 39.4 Å². The molecule has 3 nitrogen and oxygen atoms in total. The van der Waals surface area contributed by atoms with E-state index in [0.717, 1.165) is 44.9 Å². The molecule has 8 aromatic rings. The van der Waals surface area contributed by atoms with Crippen molar-refractivity contribution in [3.05, 3.63) is 187 Å².